The predicted octanol–water partition coefficient (Wildman–Crippen LogP) is 0.572. The number of benzene rings is 1. The molecule has 1 atom stereocenters. The zero-order valence-electron chi connectivity index (χ0n) is 13.4. The van der Waals surface area contributed by atoms with Crippen molar-refractivity contribution in [2.75, 3.05) is 38.5 Å². The number of hydrogen-bond acceptors (Lipinski definition) is 10. The predicted molar refractivity (Wildman–Crippen MR) is 96.5 cm³/mol. The molecule has 1 aromatic carbocycles. The molecule has 0 amide bonds. The van der Waals surface area contributed by atoms with Crippen LogP contribution >= 0.6 is 23.0 Å². The fourth-order valence-corrected chi connectivity index (χ4v) is 13.9. The highest BCUT2D eigenvalue weighted by atomic mass is 31.3. The average molecular weight is 414 g/mol. The largest absolute Gasteiger partial charge is 0.389 e. The molecule has 1 aliphatic heterocycles. The molecule has 142 valence electrons. The number of para-hydroxylation sites is 1. The summed E-state index contributed by atoms with van der Waals surface area (Å²) in [5.74, 6) is 0.364. The second kappa shape index (κ2) is 9.13. The lowest BCUT2D eigenvalue weighted by Gasteiger charge is -2.47. The van der Waals surface area contributed by atoms with E-state index in [9.17, 15) is 30.6 Å². The highest BCUT2D eigenvalue weighted by molar-refractivity contribution is 7.91. The summed E-state index contributed by atoms with van der Waals surface area (Å²) in [7, 11) is -8.00. The molecular formula is C12H23N3O7P3+. The van der Waals surface area contributed by atoms with Gasteiger partial charge < -0.3 is 35.5 Å². The number of aliphatic hydroxyl groups is 6. The molecule has 6 N–H and O–H groups in total. The molecule has 0 radical (unpaired) electrons. The summed E-state index contributed by atoms with van der Waals surface area (Å²) >= 11 is 0. The Kier molecular flexibility index (Phi) is 7.70. The second-order valence-corrected chi connectivity index (χ2v) is 13.8. The van der Waals surface area contributed by atoms with Gasteiger partial charge in [0, 0.05) is 4.60 Å². The molecule has 25 heavy (non-hydrogen) atoms. The van der Waals surface area contributed by atoms with Gasteiger partial charge in [-0.15, -0.1) is 0 Å². The van der Waals surface area contributed by atoms with E-state index in [1.54, 1.807) is 30.3 Å². The summed E-state index contributed by atoms with van der Waals surface area (Å²) in [6.07, 6.45) is -2.72. The van der Waals surface area contributed by atoms with Gasteiger partial charge in [-0.3, -0.25) is 0 Å². The highest BCUT2D eigenvalue weighted by Crippen LogP contribution is 2.84. The zero-order valence-corrected chi connectivity index (χ0v) is 16.1. The zero-order chi connectivity index (χ0) is 18.5. The molecule has 0 saturated heterocycles. The van der Waals surface area contributed by atoms with Crippen molar-refractivity contribution in [3.63, 3.8) is 0 Å². The fraction of sp³-hybridized carbons (Fsp3) is 0.500. The van der Waals surface area contributed by atoms with E-state index >= 15 is 0 Å². The van der Waals surface area contributed by atoms with E-state index in [-0.39, 0.29) is 0 Å². The van der Waals surface area contributed by atoms with E-state index in [2.05, 4.69) is 4.52 Å². The third kappa shape index (κ3) is 3.76. The van der Waals surface area contributed by atoms with Gasteiger partial charge in [0.1, 0.15) is 6.73 Å². The average Bonchev–Trinajstić information content (AvgIpc) is 2.68. The van der Waals surface area contributed by atoms with Gasteiger partial charge in [0.25, 0.3) is 7.56 Å². The van der Waals surface area contributed by atoms with Gasteiger partial charge in [0.2, 0.25) is 0 Å². The van der Waals surface area contributed by atoms with E-state index in [0.717, 1.165) is 0 Å². The highest BCUT2D eigenvalue weighted by Gasteiger charge is 2.64. The molecule has 2 rings (SSSR count). The lowest BCUT2D eigenvalue weighted by Crippen LogP contribution is -2.41. The standard InChI is InChI=1S/C12H23N3O7P3/c16-6-14-23(7-17)13-24(8-18,9-19)15(25(14,10-20)11-21)22-12-4-2-1-3-5-12/h1-5,16-21H,6-11H2/q+1. The van der Waals surface area contributed by atoms with E-state index in [0.29, 0.717) is 5.75 Å². The van der Waals surface area contributed by atoms with Gasteiger partial charge in [-0.25, -0.2) is 4.52 Å². The van der Waals surface area contributed by atoms with Crippen LogP contribution in [0.25, 0.3) is 0 Å². The van der Waals surface area contributed by atoms with Crippen LogP contribution in [0.15, 0.2) is 34.8 Å². The van der Waals surface area contributed by atoms with Gasteiger partial charge in [0.15, 0.2) is 33.9 Å². The van der Waals surface area contributed by atoms with Crippen LogP contribution in [-0.2, 0) is 0 Å². The molecule has 13 heteroatoms. The van der Waals surface area contributed by atoms with Crippen LogP contribution in [0.4, 0.5) is 0 Å². The Labute approximate surface area is 147 Å². The van der Waals surface area contributed by atoms with Crippen molar-refractivity contribution in [2.24, 2.45) is 4.52 Å². The third-order valence-corrected chi connectivity index (χ3v) is 14.6. The van der Waals surface area contributed by atoms with Crippen molar-refractivity contribution < 1.29 is 35.5 Å². The fourth-order valence-electron chi connectivity index (χ4n) is 2.39. The molecule has 10 nitrogen and oxygen atoms in total. The normalized spacial score (nSPS) is 23.2. The molecule has 0 bridgehead atoms. The number of rotatable bonds is 8. The van der Waals surface area contributed by atoms with Crippen LogP contribution in [0.2, 0.25) is 0 Å². The van der Waals surface area contributed by atoms with Crippen LogP contribution in [0, 0.1) is 0 Å². The lowest BCUT2D eigenvalue weighted by molar-refractivity contribution is 0.1000. The van der Waals surface area contributed by atoms with E-state index in [4.69, 9.17) is 4.84 Å². The number of aliphatic hydroxyl groups excluding tert-OH is 6. The quantitative estimate of drug-likeness (QED) is 0.336. The van der Waals surface area contributed by atoms with Gasteiger partial charge in [-0.1, -0.05) is 22.6 Å². The van der Waals surface area contributed by atoms with Gasteiger partial charge in [-0.05, 0) is 12.1 Å². The van der Waals surface area contributed by atoms with Crippen LogP contribution in [0.5, 0.6) is 5.75 Å². The summed E-state index contributed by atoms with van der Waals surface area (Å²) in [4.78, 5) is 5.85. The van der Waals surface area contributed by atoms with Crippen molar-refractivity contribution >= 4 is 23.0 Å². The molecule has 0 spiro atoms. The monoisotopic (exact) mass is 414 g/mol. The lowest BCUT2D eigenvalue weighted by atomic mass is 10.3. The first-order valence-electron chi connectivity index (χ1n) is 7.29. The molecule has 1 unspecified atom stereocenters. The summed E-state index contributed by atoms with van der Waals surface area (Å²) in [5, 5.41) is 59.5. The Bertz CT molecular complexity index is 597. The van der Waals surface area contributed by atoms with E-state index < -0.39 is 61.5 Å². The number of nitrogens with zero attached hydrogens (tertiary/aromatic N) is 3. The molecule has 1 aromatic rings. The van der Waals surface area contributed by atoms with Crippen molar-refractivity contribution in [1.82, 2.24) is 9.05 Å². The smallest absolute Gasteiger partial charge is 0.260 e. The van der Waals surface area contributed by atoms with Gasteiger partial charge >= 0.3 is 0 Å². The van der Waals surface area contributed by atoms with E-state index in [1.165, 1.54) is 9.05 Å². The van der Waals surface area contributed by atoms with Crippen LogP contribution < -0.4 is 4.84 Å². The Hall–Kier alpha value is -0.210. The Morgan fingerprint density at radius 1 is 1.00 bits per heavy atom. The van der Waals surface area contributed by atoms with Crippen molar-refractivity contribution in [3.05, 3.63) is 30.3 Å². The first-order chi connectivity index (χ1) is 12.1. The Morgan fingerprint density at radius 3 is 2.04 bits per heavy atom. The summed E-state index contributed by atoms with van der Waals surface area (Å²) < 4.78 is 6.92. The van der Waals surface area contributed by atoms with Crippen molar-refractivity contribution in [3.8, 4) is 5.75 Å². The van der Waals surface area contributed by atoms with Crippen LogP contribution in [-0.4, -0.2) is 78.2 Å². The second-order valence-electron chi connectivity index (χ2n) is 5.10. The molecule has 0 saturated carbocycles. The van der Waals surface area contributed by atoms with Gasteiger partial charge in [-0.2, -0.15) is 0 Å². The maximum absolute atomic E-state index is 10.1. The summed E-state index contributed by atoms with van der Waals surface area (Å²) in [6.45, 7) is -0.573. The molecule has 0 aromatic heterocycles. The SMILES string of the molecule is OCN1P(CO)N=P(CO)(CO)N(Oc2ccccc2)[P+]1(CO)CO. The molecular weight excluding hydrogens is 391 g/mol. The third-order valence-electron chi connectivity index (χ3n) is 3.69. The Balaban J connectivity index is 2.64. The molecule has 0 aliphatic carbocycles. The minimum atomic E-state index is -3.16. The molecule has 1 aliphatic rings. The topological polar surface area (TPSA) is 149 Å². The minimum absolute atomic E-state index is 0.364. The maximum Gasteiger partial charge on any atom is 0.260 e. The van der Waals surface area contributed by atoms with Crippen LogP contribution in [0.1, 0.15) is 0 Å². The molecule has 0 fully saturated rings. The van der Waals surface area contributed by atoms with Crippen LogP contribution in [0.3, 0.4) is 0 Å². The Morgan fingerprint density at radius 2 is 1.60 bits per heavy atom. The summed E-state index contributed by atoms with van der Waals surface area (Å²) in [5.41, 5.74) is 0. The number of hydrogen-bond donors (Lipinski definition) is 6. The first-order valence-corrected chi connectivity index (χ1v) is 12.9. The van der Waals surface area contributed by atoms with Gasteiger partial charge in [0.05, 0.1) is 19.0 Å². The maximum atomic E-state index is 10.1. The van der Waals surface area contributed by atoms with Crippen molar-refractivity contribution in [1.29, 1.82) is 0 Å². The molecule has 1 heterocycles. The first kappa shape index (κ1) is 21.1. The summed E-state index contributed by atoms with van der Waals surface area (Å²) in [6, 6.07) is 8.49. The minimum Gasteiger partial charge on any atom is -0.389 e. The van der Waals surface area contributed by atoms with Crippen molar-refractivity contribution in [2.45, 2.75) is 0 Å². The van der Waals surface area contributed by atoms with E-state index in [1.807, 2.05) is 0 Å².